The molecular formula is C28H40N2O2S. The zero-order chi connectivity index (χ0) is 23.6. The molecule has 2 aromatic rings. The molecule has 0 bridgehead atoms. The van der Waals surface area contributed by atoms with Crippen LogP contribution in [0.2, 0.25) is 0 Å². The summed E-state index contributed by atoms with van der Waals surface area (Å²) in [5.41, 5.74) is 3.38. The molecular weight excluding hydrogens is 428 g/mol. The molecule has 4 nitrogen and oxygen atoms in total. The Hall–Kier alpha value is -1.88. The van der Waals surface area contributed by atoms with Crippen molar-refractivity contribution in [2.24, 2.45) is 5.92 Å². The molecule has 1 aromatic heterocycles. The van der Waals surface area contributed by atoms with E-state index in [1.165, 1.54) is 36.8 Å². The number of aromatic nitrogens is 2. The lowest BCUT2D eigenvalue weighted by atomic mass is 9.66. The molecule has 1 aliphatic heterocycles. The molecule has 33 heavy (non-hydrogen) atoms. The van der Waals surface area contributed by atoms with E-state index < -0.39 is 0 Å². The third-order valence-corrected chi connectivity index (χ3v) is 8.70. The minimum Gasteiger partial charge on any atom is -0.508 e. The lowest BCUT2D eigenvalue weighted by Gasteiger charge is -2.47. The van der Waals surface area contributed by atoms with Gasteiger partial charge in [-0.05, 0) is 56.2 Å². The Labute approximate surface area is 203 Å². The third-order valence-electron chi connectivity index (χ3n) is 7.69. The van der Waals surface area contributed by atoms with Crippen LogP contribution in [0.4, 0.5) is 0 Å². The molecule has 0 amide bonds. The number of nitrogens with zero attached hydrogens (tertiary/aromatic N) is 1. The molecule has 4 rings (SSSR count). The lowest BCUT2D eigenvalue weighted by molar-refractivity contribution is 0.00745. The summed E-state index contributed by atoms with van der Waals surface area (Å²) in [5, 5.41) is 12.2. The van der Waals surface area contributed by atoms with E-state index >= 15 is 0 Å². The molecule has 2 aliphatic rings. The van der Waals surface area contributed by atoms with Crippen LogP contribution in [0.5, 0.6) is 11.5 Å². The first kappa shape index (κ1) is 24.3. The number of aromatic amines is 1. The number of H-pyrrole nitrogens is 1. The van der Waals surface area contributed by atoms with Crippen LogP contribution in [0.25, 0.3) is 0 Å². The van der Waals surface area contributed by atoms with E-state index in [9.17, 15) is 5.11 Å². The number of thioether (sulfide) groups is 1. The Morgan fingerprint density at radius 1 is 1.24 bits per heavy atom. The zero-order valence-electron chi connectivity index (χ0n) is 20.9. The second kappa shape index (κ2) is 9.77. The van der Waals surface area contributed by atoms with Crippen molar-refractivity contribution in [3.63, 3.8) is 0 Å². The predicted molar refractivity (Wildman–Crippen MR) is 137 cm³/mol. The summed E-state index contributed by atoms with van der Waals surface area (Å²) in [6.45, 7) is 11.3. The third kappa shape index (κ3) is 5.29. The fourth-order valence-corrected chi connectivity index (χ4v) is 6.45. The van der Waals surface area contributed by atoms with Gasteiger partial charge in [-0.15, -0.1) is 0 Å². The van der Waals surface area contributed by atoms with Gasteiger partial charge in [0.1, 0.15) is 17.1 Å². The van der Waals surface area contributed by atoms with E-state index in [0.29, 0.717) is 11.7 Å². The van der Waals surface area contributed by atoms with E-state index in [-0.39, 0.29) is 16.9 Å². The molecule has 180 valence electrons. The lowest BCUT2D eigenvalue weighted by Crippen LogP contribution is -2.45. The standard InChI is InChI=1S/C28H40N2O2S/c1-6-7-8-9-12-27(2,3)20-16-23(31)25-21-15-19(18-33-26-29-13-14-30-26)10-11-22(21)28(4,5)32-24(25)17-20/h10,13-14,16-17,21-22,31H,6-9,11-12,15,18H2,1-5H3,(H,29,30). The Kier molecular flexibility index (Phi) is 7.18. The first-order valence-electron chi connectivity index (χ1n) is 12.6. The molecule has 1 aromatic carbocycles. The molecule has 1 aliphatic carbocycles. The normalized spacial score (nSPS) is 21.7. The van der Waals surface area contributed by atoms with Crippen molar-refractivity contribution in [3.8, 4) is 11.5 Å². The maximum Gasteiger partial charge on any atom is 0.165 e. The maximum atomic E-state index is 11.3. The number of phenols is 1. The number of imidazole rings is 1. The number of hydrogen-bond acceptors (Lipinski definition) is 4. The Morgan fingerprint density at radius 2 is 2.06 bits per heavy atom. The van der Waals surface area contributed by atoms with Crippen LogP contribution in [0.1, 0.15) is 96.6 Å². The molecule has 0 saturated heterocycles. The van der Waals surface area contributed by atoms with Crippen molar-refractivity contribution >= 4 is 11.8 Å². The van der Waals surface area contributed by atoms with Crippen LogP contribution in [-0.4, -0.2) is 26.4 Å². The van der Waals surface area contributed by atoms with Crippen molar-refractivity contribution in [1.29, 1.82) is 0 Å². The van der Waals surface area contributed by atoms with Gasteiger partial charge in [0.2, 0.25) is 0 Å². The highest BCUT2D eigenvalue weighted by molar-refractivity contribution is 7.99. The molecule has 0 fully saturated rings. The number of ether oxygens (including phenoxy) is 1. The predicted octanol–water partition coefficient (Wildman–Crippen LogP) is 7.75. The summed E-state index contributed by atoms with van der Waals surface area (Å²) in [6, 6.07) is 4.25. The van der Waals surface area contributed by atoms with Crippen molar-refractivity contribution in [2.45, 2.75) is 102 Å². The summed E-state index contributed by atoms with van der Waals surface area (Å²) >= 11 is 1.75. The van der Waals surface area contributed by atoms with Gasteiger partial charge in [-0.25, -0.2) is 4.98 Å². The number of hydrogen-bond donors (Lipinski definition) is 2. The van der Waals surface area contributed by atoms with Crippen molar-refractivity contribution in [2.75, 3.05) is 5.75 Å². The van der Waals surface area contributed by atoms with Gasteiger partial charge in [0.15, 0.2) is 5.16 Å². The average molecular weight is 469 g/mol. The number of allylic oxidation sites excluding steroid dienone is 1. The summed E-state index contributed by atoms with van der Waals surface area (Å²) in [5.74, 6) is 2.87. The minimum absolute atomic E-state index is 0.0158. The summed E-state index contributed by atoms with van der Waals surface area (Å²) in [4.78, 5) is 7.52. The largest absolute Gasteiger partial charge is 0.508 e. The van der Waals surface area contributed by atoms with Crippen molar-refractivity contribution < 1.29 is 9.84 Å². The quantitative estimate of drug-likeness (QED) is 0.224. The Bertz CT molecular complexity index is 978. The number of nitrogens with one attached hydrogen (secondary N) is 1. The highest BCUT2D eigenvalue weighted by atomic mass is 32.2. The van der Waals surface area contributed by atoms with Crippen LogP contribution in [0.15, 0.2) is 41.3 Å². The second-order valence-corrected chi connectivity index (χ2v) is 12.0. The highest BCUT2D eigenvalue weighted by Crippen LogP contribution is 2.55. The number of phenolic OH excluding ortho intramolecular Hbond substituents is 1. The summed E-state index contributed by atoms with van der Waals surface area (Å²) in [6.07, 6.45) is 14.2. The van der Waals surface area contributed by atoms with Crippen molar-refractivity contribution in [1.82, 2.24) is 9.97 Å². The Balaban J connectivity index is 1.57. The summed E-state index contributed by atoms with van der Waals surface area (Å²) < 4.78 is 6.59. The monoisotopic (exact) mass is 468 g/mol. The molecule has 0 spiro atoms. The van der Waals surface area contributed by atoms with Gasteiger partial charge in [-0.3, -0.25) is 0 Å². The molecule has 2 atom stereocenters. The molecule has 5 heteroatoms. The maximum absolute atomic E-state index is 11.3. The van der Waals surface area contributed by atoms with E-state index in [1.54, 1.807) is 18.0 Å². The van der Waals surface area contributed by atoms with Gasteiger partial charge in [0.25, 0.3) is 0 Å². The minimum atomic E-state index is -0.260. The smallest absolute Gasteiger partial charge is 0.165 e. The first-order valence-corrected chi connectivity index (χ1v) is 13.6. The zero-order valence-corrected chi connectivity index (χ0v) is 21.7. The van der Waals surface area contributed by atoms with Crippen LogP contribution >= 0.6 is 11.8 Å². The molecule has 0 radical (unpaired) electrons. The number of rotatable bonds is 9. The Morgan fingerprint density at radius 3 is 2.79 bits per heavy atom. The highest BCUT2D eigenvalue weighted by Gasteiger charge is 2.46. The number of unbranched alkanes of at least 4 members (excludes halogenated alkanes) is 3. The van der Waals surface area contributed by atoms with E-state index in [4.69, 9.17) is 4.74 Å². The van der Waals surface area contributed by atoms with Gasteiger partial charge < -0.3 is 14.8 Å². The van der Waals surface area contributed by atoms with Gasteiger partial charge in [0.05, 0.1) is 0 Å². The summed E-state index contributed by atoms with van der Waals surface area (Å²) in [7, 11) is 0. The van der Waals surface area contributed by atoms with Gasteiger partial charge in [-0.2, -0.15) is 0 Å². The average Bonchev–Trinajstić information content (AvgIpc) is 3.28. The number of aromatic hydroxyl groups is 1. The second-order valence-electron chi connectivity index (χ2n) is 11.0. The molecule has 0 saturated carbocycles. The van der Waals surface area contributed by atoms with Crippen LogP contribution < -0.4 is 4.74 Å². The topological polar surface area (TPSA) is 58.1 Å². The fourth-order valence-electron chi connectivity index (χ4n) is 5.60. The van der Waals surface area contributed by atoms with E-state index in [0.717, 1.165) is 41.5 Å². The molecule has 2 N–H and O–H groups in total. The molecule has 2 heterocycles. The van der Waals surface area contributed by atoms with Crippen molar-refractivity contribution in [3.05, 3.63) is 47.3 Å². The van der Waals surface area contributed by atoms with Crippen LogP contribution in [0.3, 0.4) is 0 Å². The van der Waals surface area contributed by atoms with Gasteiger partial charge in [-0.1, -0.05) is 69.9 Å². The van der Waals surface area contributed by atoms with Crippen LogP contribution in [0, 0.1) is 5.92 Å². The van der Waals surface area contributed by atoms with E-state index in [2.05, 4.69) is 56.7 Å². The SMILES string of the molecule is CCCCCCC(C)(C)c1cc(O)c2c(c1)OC(C)(C)C1CC=C(CSc3ncc[nH]3)CC21. The fraction of sp³-hybridized carbons (Fsp3) is 0.607. The first-order chi connectivity index (χ1) is 15.7. The molecule has 2 unspecified atom stereocenters. The van der Waals surface area contributed by atoms with Gasteiger partial charge in [0, 0.05) is 35.5 Å². The number of benzene rings is 1. The van der Waals surface area contributed by atoms with Crippen LogP contribution in [-0.2, 0) is 5.41 Å². The van der Waals surface area contributed by atoms with Gasteiger partial charge >= 0.3 is 0 Å². The van der Waals surface area contributed by atoms with E-state index in [1.807, 2.05) is 12.3 Å². The number of fused-ring (bicyclic) bond motifs is 3.